The normalized spacial score (nSPS) is 11.0. The molecule has 0 aliphatic rings. The first kappa shape index (κ1) is 21.4. The Morgan fingerprint density at radius 1 is 1.20 bits per heavy atom. The van der Waals surface area contributed by atoms with Crippen LogP contribution in [0.25, 0.3) is 11.0 Å². The van der Waals surface area contributed by atoms with Crippen molar-refractivity contribution in [3.8, 4) is 5.75 Å². The van der Waals surface area contributed by atoms with Crippen molar-refractivity contribution in [3.63, 3.8) is 0 Å². The van der Waals surface area contributed by atoms with Crippen LogP contribution in [-0.2, 0) is 22.4 Å². The van der Waals surface area contributed by atoms with Crippen LogP contribution in [-0.4, -0.2) is 46.0 Å². The summed E-state index contributed by atoms with van der Waals surface area (Å²) >= 11 is 0. The number of pyridine rings is 1. The number of ether oxygens (including phenoxy) is 3. The molecule has 0 aromatic carbocycles. The van der Waals surface area contributed by atoms with Gasteiger partial charge in [-0.3, -0.25) is 4.98 Å². The third-order valence-corrected chi connectivity index (χ3v) is 4.92. The third-order valence-electron chi connectivity index (χ3n) is 4.92. The van der Waals surface area contributed by atoms with Crippen LogP contribution in [0.4, 0.5) is 10.7 Å². The van der Waals surface area contributed by atoms with Crippen LogP contribution >= 0.6 is 0 Å². The Morgan fingerprint density at radius 2 is 1.97 bits per heavy atom. The summed E-state index contributed by atoms with van der Waals surface area (Å²) in [7, 11) is 1.66. The molecule has 0 bridgehead atoms. The first-order valence-corrected chi connectivity index (χ1v) is 9.76. The molecular formula is C21H27N5O4. The highest BCUT2D eigenvalue weighted by Gasteiger charge is 2.17. The van der Waals surface area contributed by atoms with Gasteiger partial charge < -0.3 is 24.5 Å². The van der Waals surface area contributed by atoms with Gasteiger partial charge in [-0.15, -0.1) is 0 Å². The molecule has 3 aromatic rings. The van der Waals surface area contributed by atoms with Gasteiger partial charge >= 0.3 is 6.16 Å². The van der Waals surface area contributed by atoms with Gasteiger partial charge in [0.25, 0.3) is 0 Å². The Morgan fingerprint density at radius 3 is 2.67 bits per heavy atom. The molecule has 0 fully saturated rings. The number of nitrogens with two attached hydrogens (primary N) is 1. The molecule has 3 rings (SSSR count). The van der Waals surface area contributed by atoms with Crippen LogP contribution in [0.5, 0.6) is 5.75 Å². The SMILES string of the molecule is CCOC(=O)OCCc1cn(Cc2ncc(C)c(OC)c2C)c2nc(N)nc(C)c12. The summed E-state index contributed by atoms with van der Waals surface area (Å²) < 4.78 is 17.4. The maximum Gasteiger partial charge on any atom is 0.508 e. The number of fused-ring (bicyclic) bond motifs is 1. The number of aryl methyl sites for hydroxylation is 2. The molecule has 0 atom stereocenters. The van der Waals surface area contributed by atoms with Crippen molar-refractivity contribution in [2.75, 3.05) is 26.1 Å². The van der Waals surface area contributed by atoms with E-state index in [4.69, 9.17) is 19.9 Å². The van der Waals surface area contributed by atoms with Crippen LogP contribution in [0.15, 0.2) is 12.4 Å². The summed E-state index contributed by atoms with van der Waals surface area (Å²) in [4.78, 5) is 24.8. The lowest BCUT2D eigenvalue weighted by Gasteiger charge is -2.13. The van der Waals surface area contributed by atoms with Gasteiger partial charge in [-0.05, 0) is 33.3 Å². The first-order valence-electron chi connectivity index (χ1n) is 9.76. The molecule has 160 valence electrons. The molecule has 2 N–H and O–H groups in total. The molecule has 0 saturated carbocycles. The second-order valence-corrected chi connectivity index (χ2v) is 6.98. The molecular weight excluding hydrogens is 386 g/mol. The average molecular weight is 413 g/mol. The van der Waals surface area contributed by atoms with Gasteiger partial charge in [0.1, 0.15) is 11.4 Å². The molecule has 0 aliphatic carbocycles. The smallest absolute Gasteiger partial charge is 0.496 e. The number of hydrogen-bond donors (Lipinski definition) is 1. The number of carbonyl (C=O) groups is 1. The summed E-state index contributed by atoms with van der Waals surface area (Å²) in [5.74, 6) is 1.03. The van der Waals surface area contributed by atoms with Gasteiger partial charge in [-0.2, -0.15) is 4.98 Å². The number of nitrogen functional groups attached to an aromatic ring is 1. The van der Waals surface area contributed by atoms with Crippen molar-refractivity contribution in [2.24, 2.45) is 0 Å². The van der Waals surface area contributed by atoms with E-state index in [1.165, 1.54) is 0 Å². The molecule has 9 nitrogen and oxygen atoms in total. The topological polar surface area (TPSA) is 114 Å². The summed E-state index contributed by atoms with van der Waals surface area (Å²) in [5, 5.41) is 0.897. The largest absolute Gasteiger partial charge is 0.508 e. The number of nitrogens with zero attached hydrogens (tertiary/aromatic N) is 4. The summed E-state index contributed by atoms with van der Waals surface area (Å²) in [6.07, 6.45) is 3.61. The predicted molar refractivity (Wildman–Crippen MR) is 113 cm³/mol. The molecule has 0 unspecified atom stereocenters. The molecule has 0 saturated heterocycles. The molecule has 9 heteroatoms. The molecule has 3 heterocycles. The van der Waals surface area contributed by atoms with Crippen LogP contribution in [0.3, 0.4) is 0 Å². The van der Waals surface area contributed by atoms with Crippen molar-refractivity contribution in [1.82, 2.24) is 19.5 Å². The van der Waals surface area contributed by atoms with Crippen molar-refractivity contribution in [2.45, 2.75) is 40.7 Å². The fourth-order valence-corrected chi connectivity index (χ4v) is 3.58. The van der Waals surface area contributed by atoms with Crippen LogP contribution in [0.2, 0.25) is 0 Å². The van der Waals surface area contributed by atoms with E-state index < -0.39 is 6.16 Å². The van der Waals surface area contributed by atoms with Gasteiger partial charge in [-0.25, -0.2) is 9.78 Å². The zero-order valence-electron chi connectivity index (χ0n) is 18.0. The molecule has 0 spiro atoms. The third kappa shape index (κ3) is 4.29. The molecule has 30 heavy (non-hydrogen) atoms. The van der Waals surface area contributed by atoms with E-state index in [1.807, 2.05) is 31.5 Å². The number of methoxy groups -OCH3 is 1. The number of carbonyl (C=O) groups excluding carboxylic acids is 1. The number of rotatable bonds is 7. The van der Waals surface area contributed by atoms with E-state index in [9.17, 15) is 4.79 Å². The summed E-state index contributed by atoms with van der Waals surface area (Å²) in [6.45, 7) is 8.53. The first-order chi connectivity index (χ1) is 14.3. The lowest BCUT2D eigenvalue weighted by molar-refractivity contribution is 0.0600. The number of hydrogen-bond acceptors (Lipinski definition) is 8. The minimum Gasteiger partial charge on any atom is -0.496 e. The van der Waals surface area contributed by atoms with Gasteiger partial charge in [-0.1, -0.05) is 0 Å². The Bertz CT molecular complexity index is 1080. The standard InChI is InChI=1S/C21H27N5O4/c1-6-29-21(27)30-8-7-15-10-26(19-17(15)14(4)24-20(22)25-19)11-16-13(3)18(28-5)12(2)9-23-16/h9-10H,6-8,11H2,1-5H3,(H2,22,24,25). The van der Waals surface area contributed by atoms with E-state index in [1.54, 1.807) is 20.2 Å². The summed E-state index contributed by atoms with van der Waals surface area (Å²) in [5.41, 5.74) is 11.2. The lowest BCUT2D eigenvalue weighted by atomic mass is 10.1. The second-order valence-electron chi connectivity index (χ2n) is 6.98. The minimum atomic E-state index is -0.676. The molecule has 0 radical (unpaired) electrons. The van der Waals surface area contributed by atoms with E-state index in [-0.39, 0.29) is 19.2 Å². The predicted octanol–water partition coefficient (Wildman–Crippen LogP) is 3.11. The van der Waals surface area contributed by atoms with E-state index in [2.05, 4.69) is 15.0 Å². The van der Waals surface area contributed by atoms with Gasteiger partial charge in [0.15, 0.2) is 0 Å². The van der Waals surface area contributed by atoms with Crippen molar-refractivity contribution >= 4 is 23.1 Å². The highest BCUT2D eigenvalue weighted by atomic mass is 16.7. The fourth-order valence-electron chi connectivity index (χ4n) is 3.58. The van der Waals surface area contributed by atoms with Crippen LogP contribution in [0, 0.1) is 20.8 Å². The Balaban J connectivity index is 1.96. The summed E-state index contributed by atoms with van der Waals surface area (Å²) in [6, 6.07) is 0. The molecule has 3 aromatic heterocycles. The van der Waals surface area contributed by atoms with Gasteiger partial charge in [0, 0.05) is 35.3 Å². The molecule has 0 aliphatic heterocycles. The Kier molecular flexibility index (Phi) is 6.39. The maximum atomic E-state index is 11.5. The second kappa shape index (κ2) is 8.98. The highest BCUT2D eigenvalue weighted by Crippen LogP contribution is 2.28. The maximum absolute atomic E-state index is 11.5. The van der Waals surface area contributed by atoms with Crippen LogP contribution < -0.4 is 10.5 Å². The van der Waals surface area contributed by atoms with E-state index in [0.29, 0.717) is 18.6 Å². The van der Waals surface area contributed by atoms with E-state index in [0.717, 1.165) is 39.2 Å². The minimum absolute atomic E-state index is 0.192. The van der Waals surface area contributed by atoms with Crippen LogP contribution in [0.1, 0.15) is 35.0 Å². The quantitative estimate of drug-likeness (QED) is 0.588. The number of anilines is 1. The van der Waals surface area contributed by atoms with Gasteiger partial charge in [0.2, 0.25) is 5.95 Å². The Labute approximate surface area is 175 Å². The lowest BCUT2D eigenvalue weighted by Crippen LogP contribution is -2.09. The number of aromatic nitrogens is 4. The fraction of sp³-hybridized carbons (Fsp3) is 0.429. The van der Waals surface area contributed by atoms with Crippen molar-refractivity contribution in [3.05, 3.63) is 40.5 Å². The highest BCUT2D eigenvalue weighted by molar-refractivity contribution is 5.84. The monoisotopic (exact) mass is 413 g/mol. The zero-order valence-corrected chi connectivity index (χ0v) is 18.0. The van der Waals surface area contributed by atoms with Gasteiger partial charge in [0.05, 0.1) is 38.3 Å². The average Bonchev–Trinajstić information content (AvgIpc) is 3.02. The zero-order chi connectivity index (χ0) is 21.8. The van der Waals surface area contributed by atoms with E-state index >= 15 is 0 Å². The van der Waals surface area contributed by atoms with Crippen molar-refractivity contribution in [1.29, 1.82) is 0 Å². The Hall–Kier alpha value is -3.36. The van der Waals surface area contributed by atoms with Crippen molar-refractivity contribution < 1.29 is 19.0 Å². The molecule has 0 amide bonds.